The van der Waals surface area contributed by atoms with E-state index >= 15 is 0 Å². The summed E-state index contributed by atoms with van der Waals surface area (Å²) >= 11 is 12.7. The average Bonchev–Trinajstić information content (AvgIpc) is 3.37. The van der Waals surface area contributed by atoms with Gasteiger partial charge in [-0.25, -0.2) is 14.8 Å². The molecule has 8 heteroatoms. The van der Waals surface area contributed by atoms with Crippen LogP contribution in [0.25, 0.3) is 11.3 Å². The second-order valence-electron chi connectivity index (χ2n) is 10.5. The van der Waals surface area contributed by atoms with E-state index < -0.39 is 0 Å². The standard InChI is InChI=1S/C31H33Cl2N5O/c1-5-21-6-9-25(30(33)29(21)32)20(3)36-31(39)37(4)24-12-14-38(15-13-24)28-11-8-22-17-23(7-10-26(22)28)27-16-19(2)34-18-35-27/h1,6-7,9-10,16-18,20,24,28H,8,11-15H2,2-4H3,(H,36,39)/t20-,28?/m0/s1. The monoisotopic (exact) mass is 561 g/mol. The van der Waals surface area contributed by atoms with Crippen LogP contribution in [-0.4, -0.2) is 52.0 Å². The first kappa shape index (κ1) is 27.5. The topological polar surface area (TPSA) is 61.4 Å². The van der Waals surface area contributed by atoms with Crippen molar-refractivity contribution in [2.24, 2.45) is 0 Å². The molecule has 39 heavy (non-hydrogen) atoms. The van der Waals surface area contributed by atoms with Crippen LogP contribution in [0.3, 0.4) is 0 Å². The first-order valence-corrected chi connectivity index (χ1v) is 14.2. The molecule has 1 aromatic heterocycles. The summed E-state index contributed by atoms with van der Waals surface area (Å²) in [7, 11) is 1.87. The van der Waals surface area contributed by atoms with E-state index in [-0.39, 0.29) is 18.1 Å². The number of benzene rings is 2. The third-order valence-corrected chi connectivity index (χ3v) is 9.07. The second-order valence-corrected chi connectivity index (χ2v) is 11.3. The number of nitrogens with one attached hydrogen (secondary N) is 1. The lowest BCUT2D eigenvalue weighted by Crippen LogP contribution is -2.49. The number of carbonyl (C=O) groups excluding carboxylic acids is 1. The van der Waals surface area contributed by atoms with Gasteiger partial charge in [0.15, 0.2) is 0 Å². The van der Waals surface area contributed by atoms with Crippen molar-refractivity contribution >= 4 is 29.2 Å². The summed E-state index contributed by atoms with van der Waals surface area (Å²) in [4.78, 5) is 26.2. The minimum atomic E-state index is -0.303. The normalized spacial score (nSPS) is 18.3. The van der Waals surface area contributed by atoms with Crippen molar-refractivity contribution in [2.45, 2.75) is 57.7 Å². The number of likely N-dealkylation sites (tertiary alicyclic amines) is 1. The zero-order valence-corrected chi connectivity index (χ0v) is 24.1. The Morgan fingerprint density at radius 3 is 2.62 bits per heavy atom. The lowest BCUT2D eigenvalue weighted by Gasteiger charge is -2.40. The van der Waals surface area contributed by atoms with E-state index in [0.717, 1.165) is 61.3 Å². The molecule has 0 radical (unpaired) electrons. The summed E-state index contributed by atoms with van der Waals surface area (Å²) in [5.41, 5.74) is 7.22. The molecule has 6 nitrogen and oxygen atoms in total. The number of amides is 2. The van der Waals surface area contributed by atoms with E-state index in [4.69, 9.17) is 29.6 Å². The molecule has 2 atom stereocenters. The third kappa shape index (κ3) is 5.63. The summed E-state index contributed by atoms with van der Waals surface area (Å²) in [6.45, 7) is 5.81. The first-order valence-electron chi connectivity index (χ1n) is 13.4. The van der Waals surface area contributed by atoms with Crippen LogP contribution in [-0.2, 0) is 6.42 Å². The highest BCUT2D eigenvalue weighted by molar-refractivity contribution is 6.43. The molecule has 1 aliphatic heterocycles. The zero-order chi connectivity index (χ0) is 27.7. The minimum Gasteiger partial charge on any atom is -0.331 e. The van der Waals surface area contributed by atoms with Crippen molar-refractivity contribution in [2.75, 3.05) is 20.1 Å². The van der Waals surface area contributed by atoms with E-state index in [1.54, 1.807) is 12.4 Å². The number of terminal acetylenes is 1. The highest BCUT2D eigenvalue weighted by Gasteiger charge is 2.33. The Hall–Kier alpha value is -3.11. The SMILES string of the molecule is C#Cc1ccc([C@H](C)NC(=O)N(C)C2CCN(C3CCc4cc(-c5cc(C)ncn5)ccc43)CC2)c(Cl)c1Cl. The molecule has 2 amide bonds. The minimum absolute atomic E-state index is 0.118. The maximum absolute atomic E-state index is 13.1. The number of carbonyl (C=O) groups is 1. The molecule has 1 unspecified atom stereocenters. The molecule has 1 aliphatic carbocycles. The van der Waals surface area contributed by atoms with Crippen LogP contribution in [0.1, 0.15) is 66.2 Å². The lowest BCUT2D eigenvalue weighted by atomic mass is 9.98. The number of aromatic nitrogens is 2. The molecule has 0 saturated carbocycles. The van der Waals surface area contributed by atoms with E-state index in [9.17, 15) is 4.79 Å². The molecule has 1 fully saturated rings. The molecule has 0 spiro atoms. The predicted molar refractivity (Wildman–Crippen MR) is 157 cm³/mol. The number of aryl methyl sites for hydroxylation is 2. The molecular weight excluding hydrogens is 529 g/mol. The maximum atomic E-state index is 13.1. The molecule has 3 aromatic rings. The molecule has 5 rings (SSSR count). The second kappa shape index (κ2) is 11.6. The Labute approximate surface area is 240 Å². The number of nitrogens with zero attached hydrogens (tertiary/aromatic N) is 4. The Morgan fingerprint density at radius 1 is 1.13 bits per heavy atom. The molecule has 1 saturated heterocycles. The van der Waals surface area contributed by atoms with Crippen LogP contribution in [0.15, 0.2) is 42.7 Å². The van der Waals surface area contributed by atoms with Crippen molar-refractivity contribution in [3.63, 3.8) is 0 Å². The van der Waals surface area contributed by atoms with Gasteiger partial charge in [0.2, 0.25) is 0 Å². The van der Waals surface area contributed by atoms with Gasteiger partial charge in [-0.05, 0) is 74.4 Å². The molecule has 202 valence electrons. The molecule has 2 aliphatic rings. The molecule has 0 bridgehead atoms. The lowest BCUT2D eigenvalue weighted by molar-refractivity contribution is 0.105. The highest BCUT2D eigenvalue weighted by atomic mass is 35.5. The number of halogens is 2. The molecule has 2 aromatic carbocycles. The van der Waals surface area contributed by atoms with Gasteiger partial charge in [-0.3, -0.25) is 4.90 Å². The summed E-state index contributed by atoms with van der Waals surface area (Å²) in [6, 6.07) is 12.6. The highest BCUT2D eigenvalue weighted by Crippen LogP contribution is 2.39. The van der Waals surface area contributed by atoms with Crippen molar-refractivity contribution in [3.8, 4) is 23.6 Å². The van der Waals surface area contributed by atoms with Gasteiger partial charge in [-0.2, -0.15) is 0 Å². The van der Waals surface area contributed by atoms with Gasteiger partial charge in [0.1, 0.15) is 6.33 Å². The number of fused-ring (bicyclic) bond motifs is 1. The first-order chi connectivity index (χ1) is 18.8. The van der Waals surface area contributed by atoms with E-state index in [2.05, 4.69) is 44.3 Å². The number of piperidine rings is 1. The third-order valence-electron chi connectivity index (χ3n) is 8.17. The number of rotatable bonds is 5. The van der Waals surface area contributed by atoms with Crippen LogP contribution in [0.2, 0.25) is 10.0 Å². The predicted octanol–water partition coefficient (Wildman–Crippen LogP) is 6.59. The fourth-order valence-electron chi connectivity index (χ4n) is 5.87. The van der Waals surface area contributed by atoms with E-state index in [1.165, 1.54) is 11.1 Å². The summed E-state index contributed by atoms with van der Waals surface area (Å²) in [5, 5.41) is 3.79. The maximum Gasteiger partial charge on any atom is 0.317 e. The van der Waals surface area contributed by atoms with Crippen LogP contribution in [0, 0.1) is 19.3 Å². The number of hydrogen-bond acceptors (Lipinski definition) is 4. The van der Waals surface area contributed by atoms with Crippen molar-refractivity contribution < 1.29 is 4.79 Å². The Bertz CT molecular complexity index is 1430. The van der Waals surface area contributed by atoms with Gasteiger partial charge in [0.05, 0.1) is 21.8 Å². The molecule has 2 heterocycles. The largest absolute Gasteiger partial charge is 0.331 e. The van der Waals surface area contributed by atoms with Crippen LogP contribution in [0.4, 0.5) is 4.79 Å². The average molecular weight is 563 g/mol. The smallest absolute Gasteiger partial charge is 0.317 e. The summed E-state index contributed by atoms with van der Waals surface area (Å²) in [6.07, 6.45) is 11.2. The van der Waals surface area contributed by atoms with Crippen molar-refractivity contribution in [3.05, 3.63) is 80.7 Å². The summed E-state index contributed by atoms with van der Waals surface area (Å²) < 4.78 is 0. The van der Waals surface area contributed by atoms with Gasteiger partial charge in [-0.15, -0.1) is 6.42 Å². The van der Waals surface area contributed by atoms with Crippen LogP contribution >= 0.6 is 23.2 Å². The molecular formula is C31H33Cl2N5O. The Kier molecular flexibility index (Phi) is 8.13. The van der Waals surface area contributed by atoms with Crippen molar-refractivity contribution in [1.82, 2.24) is 25.1 Å². The van der Waals surface area contributed by atoms with Gasteiger partial charge >= 0.3 is 6.03 Å². The van der Waals surface area contributed by atoms with Crippen LogP contribution < -0.4 is 5.32 Å². The fourth-order valence-corrected chi connectivity index (χ4v) is 6.43. The van der Waals surface area contributed by atoms with Crippen molar-refractivity contribution in [1.29, 1.82) is 0 Å². The van der Waals surface area contributed by atoms with Gasteiger partial charge in [-0.1, -0.05) is 47.3 Å². The number of urea groups is 1. The zero-order valence-electron chi connectivity index (χ0n) is 22.5. The van der Waals surface area contributed by atoms with Gasteiger partial charge in [0.25, 0.3) is 0 Å². The summed E-state index contributed by atoms with van der Waals surface area (Å²) in [5.74, 6) is 2.52. The van der Waals surface area contributed by atoms with E-state index in [0.29, 0.717) is 21.7 Å². The number of hydrogen-bond donors (Lipinski definition) is 1. The molecule has 1 N–H and O–H groups in total. The fraction of sp³-hybridized carbons (Fsp3) is 0.387. The Balaban J connectivity index is 1.18. The van der Waals surface area contributed by atoms with Gasteiger partial charge < -0.3 is 10.2 Å². The van der Waals surface area contributed by atoms with Crippen LogP contribution in [0.5, 0.6) is 0 Å². The Morgan fingerprint density at radius 2 is 1.90 bits per heavy atom. The van der Waals surface area contributed by atoms with Gasteiger partial charge in [0, 0.05) is 49.0 Å². The quantitative estimate of drug-likeness (QED) is 0.357. The van der Waals surface area contributed by atoms with E-state index in [1.807, 2.05) is 37.9 Å².